The van der Waals surface area contributed by atoms with Crippen molar-refractivity contribution in [1.29, 1.82) is 0 Å². The number of likely N-dealkylation sites (tertiary alicyclic amines) is 1. The monoisotopic (exact) mass is 390 g/mol. The molecule has 1 aliphatic heterocycles. The number of hydrogen-bond acceptors (Lipinski definition) is 3. The van der Waals surface area contributed by atoms with Crippen LogP contribution in [0.5, 0.6) is 0 Å². The number of aromatic amines is 1. The predicted octanol–water partition coefficient (Wildman–Crippen LogP) is 3.14. The lowest BCUT2D eigenvalue weighted by atomic mass is 10.0. The van der Waals surface area contributed by atoms with Gasteiger partial charge >= 0.3 is 0 Å². The highest BCUT2D eigenvalue weighted by molar-refractivity contribution is 5.98. The van der Waals surface area contributed by atoms with E-state index in [1.165, 1.54) is 11.1 Å². The zero-order valence-corrected chi connectivity index (χ0v) is 17.0. The molecule has 3 aromatic rings. The van der Waals surface area contributed by atoms with Gasteiger partial charge in [0.15, 0.2) is 0 Å². The van der Waals surface area contributed by atoms with Crippen molar-refractivity contribution in [3.05, 3.63) is 65.1 Å². The van der Waals surface area contributed by atoms with Gasteiger partial charge in [-0.3, -0.25) is 14.6 Å². The van der Waals surface area contributed by atoms with Crippen molar-refractivity contribution in [3.63, 3.8) is 0 Å². The van der Waals surface area contributed by atoms with Crippen LogP contribution in [-0.4, -0.2) is 45.3 Å². The maximum absolute atomic E-state index is 13.0. The largest absolute Gasteiger partial charge is 0.351 e. The molecule has 29 heavy (non-hydrogen) atoms. The molecule has 2 aromatic heterocycles. The van der Waals surface area contributed by atoms with Crippen LogP contribution >= 0.6 is 0 Å². The van der Waals surface area contributed by atoms with Crippen LogP contribution in [0.2, 0.25) is 0 Å². The molecule has 0 aliphatic carbocycles. The first-order valence-electron chi connectivity index (χ1n) is 10.00. The smallest absolute Gasteiger partial charge is 0.270 e. The fourth-order valence-corrected chi connectivity index (χ4v) is 4.04. The number of benzene rings is 1. The predicted molar refractivity (Wildman–Crippen MR) is 113 cm³/mol. The third-order valence-corrected chi connectivity index (χ3v) is 5.79. The molecule has 2 amide bonds. The average molecular weight is 390 g/mol. The topological polar surface area (TPSA) is 78.1 Å². The third kappa shape index (κ3) is 4.01. The van der Waals surface area contributed by atoms with Gasteiger partial charge in [-0.15, -0.1) is 0 Å². The SMILES string of the molecule is Cc1ccc(CC(=O)NC2CC(C)N(C(=O)c3cc4cnccc4[nH]3)C2)cc1C. The van der Waals surface area contributed by atoms with Gasteiger partial charge in [-0.05, 0) is 56.0 Å². The summed E-state index contributed by atoms with van der Waals surface area (Å²) in [5.74, 6) is -0.0453. The fraction of sp³-hybridized carbons (Fsp3) is 0.348. The molecule has 1 aromatic carbocycles. The van der Waals surface area contributed by atoms with E-state index in [0.29, 0.717) is 18.7 Å². The molecule has 6 nitrogen and oxygen atoms in total. The van der Waals surface area contributed by atoms with E-state index in [-0.39, 0.29) is 23.9 Å². The molecular formula is C23H26N4O2. The number of hydrogen-bond donors (Lipinski definition) is 2. The Kier molecular flexibility index (Phi) is 5.09. The standard InChI is InChI=1S/C23H26N4O2/c1-14-4-5-17(8-15(14)2)10-22(28)25-19-9-16(3)27(13-19)23(29)21-11-18-12-24-7-6-20(18)26-21/h4-8,11-12,16,19,26H,9-10,13H2,1-3H3,(H,25,28). The molecule has 0 bridgehead atoms. The second-order valence-corrected chi connectivity index (χ2v) is 8.05. The summed E-state index contributed by atoms with van der Waals surface area (Å²) < 4.78 is 0. The van der Waals surface area contributed by atoms with Crippen molar-refractivity contribution >= 4 is 22.7 Å². The molecule has 150 valence electrons. The molecule has 0 saturated carbocycles. The van der Waals surface area contributed by atoms with Crippen LogP contribution in [0.25, 0.3) is 10.9 Å². The van der Waals surface area contributed by atoms with E-state index in [2.05, 4.69) is 35.2 Å². The molecule has 2 N–H and O–H groups in total. The quantitative estimate of drug-likeness (QED) is 0.718. The summed E-state index contributed by atoms with van der Waals surface area (Å²) in [5.41, 5.74) is 4.88. The molecule has 3 heterocycles. The lowest BCUT2D eigenvalue weighted by Gasteiger charge is -2.20. The summed E-state index contributed by atoms with van der Waals surface area (Å²) in [7, 11) is 0. The molecule has 4 rings (SSSR count). The maximum atomic E-state index is 13.0. The molecule has 1 aliphatic rings. The lowest BCUT2D eigenvalue weighted by Crippen LogP contribution is -2.39. The first-order valence-corrected chi connectivity index (χ1v) is 10.00. The summed E-state index contributed by atoms with van der Waals surface area (Å²) in [5, 5.41) is 4.02. The number of nitrogens with zero attached hydrogens (tertiary/aromatic N) is 2. The number of rotatable bonds is 4. The summed E-state index contributed by atoms with van der Waals surface area (Å²) in [4.78, 5) is 34.6. The summed E-state index contributed by atoms with van der Waals surface area (Å²) in [6.45, 7) is 6.66. The number of pyridine rings is 1. The molecule has 0 spiro atoms. The number of fused-ring (bicyclic) bond motifs is 1. The van der Waals surface area contributed by atoms with Gasteiger partial charge in [0.05, 0.1) is 6.42 Å². The van der Waals surface area contributed by atoms with Crippen LogP contribution in [-0.2, 0) is 11.2 Å². The summed E-state index contributed by atoms with van der Waals surface area (Å²) >= 11 is 0. The molecule has 0 radical (unpaired) electrons. The highest BCUT2D eigenvalue weighted by Crippen LogP contribution is 2.22. The Morgan fingerprint density at radius 2 is 2.03 bits per heavy atom. The van der Waals surface area contributed by atoms with Crippen molar-refractivity contribution in [3.8, 4) is 0 Å². The van der Waals surface area contributed by atoms with Gasteiger partial charge in [0.25, 0.3) is 5.91 Å². The molecule has 6 heteroatoms. The zero-order chi connectivity index (χ0) is 20.5. The Morgan fingerprint density at radius 3 is 2.79 bits per heavy atom. The number of amides is 2. The van der Waals surface area contributed by atoms with E-state index in [1.54, 1.807) is 12.4 Å². The Balaban J connectivity index is 1.39. The van der Waals surface area contributed by atoms with Gasteiger partial charge in [-0.25, -0.2) is 0 Å². The van der Waals surface area contributed by atoms with Crippen molar-refractivity contribution in [1.82, 2.24) is 20.2 Å². The van der Waals surface area contributed by atoms with Gasteiger partial charge < -0.3 is 15.2 Å². The van der Waals surface area contributed by atoms with Gasteiger partial charge in [0.1, 0.15) is 5.69 Å². The van der Waals surface area contributed by atoms with E-state index in [0.717, 1.165) is 22.9 Å². The van der Waals surface area contributed by atoms with Crippen LogP contribution in [0.15, 0.2) is 42.7 Å². The second-order valence-electron chi connectivity index (χ2n) is 8.05. The number of carbonyl (C=O) groups is 2. The minimum absolute atomic E-state index is 0.00330. The van der Waals surface area contributed by atoms with E-state index in [1.807, 2.05) is 36.1 Å². The van der Waals surface area contributed by atoms with Crippen molar-refractivity contribution in [2.75, 3.05) is 6.54 Å². The average Bonchev–Trinajstić information content (AvgIpc) is 3.27. The normalized spacial score (nSPS) is 18.9. The summed E-state index contributed by atoms with van der Waals surface area (Å²) in [6.07, 6.45) is 4.56. The molecule has 2 atom stereocenters. The van der Waals surface area contributed by atoms with Gasteiger partial charge in [0, 0.05) is 41.9 Å². The number of carbonyl (C=O) groups excluding carboxylic acids is 2. The van der Waals surface area contributed by atoms with E-state index in [4.69, 9.17) is 0 Å². The number of H-pyrrole nitrogens is 1. The Morgan fingerprint density at radius 1 is 1.21 bits per heavy atom. The highest BCUT2D eigenvalue weighted by Gasteiger charge is 2.34. The van der Waals surface area contributed by atoms with E-state index in [9.17, 15) is 9.59 Å². The lowest BCUT2D eigenvalue weighted by molar-refractivity contribution is -0.121. The first kappa shape index (κ1) is 19.2. The molecule has 2 unspecified atom stereocenters. The number of aryl methyl sites for hydroxylation is 2. The van der Waals surface area contributed by atoms with Crippen LogP contribution in [0.1, 0.15) is 40.5 Å². The molecule has 1 saturated heterocycles. The van der Waals surface area contributed by atoms with E-state index >= 15 is 0 Å². The third-order valence-electron chi connectivity index (χ3n) is 5.79. The van der Waals surface area contributed by atoms with Crippen LogP contribution in [0.3, 0.4) is 0 Å². The molecule has 1 fully saturated rings. The van der Waals surface area contributed by atoms with Gasteiger partial charge in [-0.1, -0.05) is 18.2 Å². The minimum atomic E-state index is -0.0420. The Bertz CT molecular complexity index is 1040. The van der Waals surface area contributed by atoms with Gasteiger partial charge in [-0.2, -0.15) is 0 Å². The van der Waals surface area contributed by atoms with Crippen molar-refractivity contribution in [2.45, 2.75) is 45.7 Å². The Hall–Kier alpha value is -3.15. The van der Waals surface area contributed by atoms with Crippen LogP contribution in [0, 0.1) is 13.8 Å². The summed E-state index contributed by atoms with van der Waals surface area (Å²) in [6, 6.07) is 9.84. The first-order chi connectivity index (χ1) is 13.9. The second kappa shape index (κ2) is 7.70. The number of nitrogens with one attached hydrogen (secondary N) is 2. The fourth-order valence-electron chi connectivity index (χ4n) is 4.04. The maximum Gasteiger partial charge on any atom is 0.270 e. The van der Waals surface area contributed by atoms with E-state index < -0.39 is 0 Å². The zero-order valence-electron chi connectivity index (χ0n) is 17.0. The minimum Gasteiger partial charge on any atom is -0.351 e. The van der Waals surface area contributed by atoms with Crippen molar-refractivity contribution < 1.29 is 9.59 Å². The van der Waals surface area contributed by atoms with Crippen LogP contribution < -0.4 is 5.32 Å². The van der Waals surface area contributed by atoms with Crippen molar-refractivity contribution in [2.24, 2.45) is 0 Å². The number of aromatic nitrogens is 2. The van der Waals surface area contributed by atoms with Crippen LogP contribution in [0.4, 0.5) is 0 Å². The molecular weight excluding hydrogens is 364 g/mol. The highest BCUT2D eigenvalue weighted by atomic mass is 16.2. The van der Waals surface area contributed by atoms with Gasteiger partial charge in [0.2, 0.25) is 5.91 Å². The Labute approximate surface area is 170 Å².